The maximum absolute atomic E-state index is 2.64. The molecule has 0 heterocycles. The standard InChI is InChI=1S/C50H82GeP2/c1-3-5-45(52(47-19-33-7-34(20-47)9-35(8-33)21-47)48-22-36-10-37(23-48)12-38(11-36)24-48)31-51-32-46(6-4-2)53(49-25-39-13-40(26-49)15-41(14-39)27-49)50-28-42-16-43(29-50)18-44(17-42)30-50/h33-46H,3-32,51H2,1-2H3. The van der Waals surface area contributed by atoms with Crippen molar-refractivity contribution in [2.45, 2.75) is 236 Å². The molecular formula is C50H82GeP2. The molecule has 0 amide bonds. The van der Waals surface area contributed by atoms with Gasteiger partial charge in [-0.05, 0) is 0 Å². The van der Waals surface area contributed by atoms with Crippen LogP contribution in [-0.2, 0) is 0 Å². The molecule has 0 radical (unpaired) electrons. The van der Waals surface area contributed by atoms with Gasteiger partial charge < -0.3 is 0 Å². The molecule has 0 saturated heterocycles. The van der Waals surface area contributed by atoms with Crippen LogP contribution in [-0.4, -0.2) is 47.4 Å². The third-order valence-electron chi connectivity index (χ3n) is 21.1. The van der Waals surface area contributed by atoms with Crippen molar-refractivity contribution in [3.63, 3.8) is 0 Å². The molecule has 2 unspecified atom stereocenters. The number of hydrogen-bond acceptors (Lipinski definition) is 0. The zero-order valence-corrected chi connectivity index (χ0v) is 39.7. The van der Waals surface area contributed by atoms with Crippen LogP contribution in [0.25, 0.3) is 0 Å². The molecule has 16 fully saturated rings. The van der Waals surface area contributed by atoms with Crippen LogP contribution in [0.1, 0.15) is 194 Å². The Morgan fingerprint density at radius 2 is 0.547 bits per heavy atom. The summed E-state index contributed by atoms with van der Waals surface area (Å²) in [7, 11) is 0.350. The first-order valence-corrected chi connectivity index (χ1v) is 32.4. The quantitative estimate of drug-likeness (QED) is 0.121. The molecule has 16 aliphatic carbocycles. The molecule has 53 heavy (non-hydrogen) atoms. The molecule has 0 nitrogen and oxygen atoms in total. The van der Waals surface area contributed by atoms with E-state index >= 15 is 0 Å². The van der Waals surface area contributed by atoms with Gasteiger partial charge in [0.05, 0.1) is 0 Å². The summed E-state index contributed by atoms with van der Waals surface area (Å²) in [5, 5.41) is 7.14. The van der Waals surface area contributed by atoms with Gasteiger partial charge in [0.1, 0.15) is 0 Å². The Morgan fingerprint density at radius 1 is 0.358 bits per heavy atom. The number of hydrogen-bond donors (Lipinski definition) is 0. The molecule has 16 saturated carbocycles. The predicted octanol–water partition coefficient (Wildman–Crippen LogP) is 14.2. The second-order valence-electron chi connectivity index (χ2n) is 25.1. The van der Waals surface area contributed by atoms with Crippen LogP contribution >= 0.6 is 15.8 Å². The normalized spacial score (nSPS) is 55.8. The second-order valence-corrected chi connectivity index (χ2v) is 35.8. The van der Waals surface area contributed by atoms with Crippen molar-refractivity contribution in [2.75, 3.05) is 0 Å². The molecule has 16 aliphatic rings. The molecule has 0 N–H and O–H groups in total. The minimum absolute atomic E-state index is 0.175. The van der Waals surface area contributed by atoms with Crippen molar-refractivity contribution in [3.8, 4) is 0 Å². The number of rotatable bonds is 14. The average Bonchev–Trinajstić information content (AvgIpc) is 3.05. The van der Waals surface area contributed by atoms with E-state index in [1.807, 2.05) is 10.5 Å². The Balaban J connectivity index is 0.870. The SMILES string of the molecule is CCCC([CH2][GeH2][CH2]C(CCC)P(C12CC3CC(CC(C3)C1)C2)C12CC3CC(CC(C3)C1)C2)P(C12CC3CC(CC(C3)C1)C2)C12CC3CC(CC(C3)C1)C2. The topological polar surface area (TPSA) is 0 Å². The van der Waals surface area contributed by atoms with E-state index in [9.17, 15) is 0 Å². The summed E-state index contributed by atoms with van der Waals surface area (Å²) in [5.74, 6) is 13.9. The van der Waals surface area contributed by atoms with Crippen LogP contribution in [0.2, 0.25) is 10.5 Å². The predicted molar refractivity (Wildman–Crippen MR) is 233 cm³/mol. The molecule has 16 bridgehead atoms. The van der Waals surface area contributed by atoms with Crippen LogP contribution in [0.5, 0.6) is 0 Å². The third kappa shape index (κ3) is 6.00. The van der Waals surface area contributed by atoms with Crippen molar-refractivity contribution in [3.05, 3.63) is 0 Å². The summed E-state index contributed by atoms with van der Waals surface area (Å²) in [4.78, 5) is 0. The van der Waals surface area contributed by atoms with E-state index in [0.29, 0.717) is 0 Å². The van der Waals surface area contributed by atoms with Crippen molar-refractivity contribution in [1.29, 1.82) is 0 Å². The van der Waals surface area contributed by atoms with E-state index in [4.69, 9.17) is 0 Å². The average molecular weight is 818 g/mol. The Labute approximate surface area is 336 Å². The second kappa shape index (κ2) is 13.5. The van der Waals surface area contributed by atoms with Gasteiger partial charge in [-0.1, -0.05) is 0 Å². The third-order valence-corrected chi connectivity index (χ3v) is 36.6. The molecule has 2 atom stereocenters. The van der Waals surface area contributed by atoms with E-state index in [0.717, 1.165) is 91.6 Å². The molecule has 16 rings (SSSR count). The fourth-order valence-corrected chi connectivity index (χ4v) is 43.0. The Morgan fingerprint density at radius 3 is 0.717 bits per heavy atom. The summed E-state index contributed by atoms with van der Waals surface area (Å²) >= 11 is -0.632. The van der Waals surface area contributed by atoms with E-state index in [1.54, 1.807) is 167 Å². The van der Waals surface area contributed by atoms with E-state index < -0.39 is 15.4 Å². The molecular weight excluding hydrogens is 735 g/mol. The Hall–Kier alpha value is 1.40. The van der Waals surface area contributed by atoms with Crippen LogP contribution in [0, 0.1) is 71.0 Å². The van der Waals surface area contributed by atoms with Crippen LogP contribution in [0.15, 0.2) is 0 Å². The zero-order chi connectivity index (χ0) is 35.2. The molecule has 296 valence electrons. The van der Waals surface area contributed by atoms with Crippen LogP contribution < -0.4 is 0 Å². The molecule has 0 aromatic carbocycles. The van der Waals surface area contributed by atoms with Gasteiger partial charge in [-0.25, -0.2) is 0 Å². The van der Waals surface area contributed by atoms with Gasteiger partial charge in [0.2, 0.25) is 0 Å². The van der Waals surface area contributed by atoms with Crippen molar-refractivity contribution >= 4 is 31.3 Å². The van der Waals surface area contributed by atoms with Crippen LogP contribution in [0.3, 0.4) is 0 Å². The summed E-state index contributed by atoms with van der Waals surface area (Å²) in [6.07, 6.45) is 47.2. The fourth-order valence-electron chi connectivity index (χ4n) is 22.1. The molecule has 0 aliphatic heterocycles. The molecule has 0 aromatic rings. The molecule has 0 spiro atoms. The van der Waals surface area contributed by atoms with Gasteiger partial charge in [-0.2, -0.15) is 0 Å². The van der Waals surface area contributed by atoms with Crippen molar-refractivity contribution in [2.24, 2.45) is 71.0 Å². The summed E-state index contributed by atoms with van der Waals surface area (Å²) in [6.45, 7) is 5.29. The van der Waals surface area contributed by atoms with Gasteiger partial charge in [0.25, 0.3) is 0 Å². The first-order valence-electron chi connectivity index (χ1n) is 25.4. The zero-order valence-electron chi connectivity index (χ0n) is 34.9. The first kappa shape index (κ1) is 36.3. The summed E-state index contributed by atoms with van der Waals surface area (Å²) in [5.41, 5.74) is 2.41. The van der Waals surface area contributed by atoms with E-state index in [-0.39, 0.29) is 15.8 Å². The maximum atomic E-state index is 2.64. The minimum atomic E-state index is -0.632. The summed E-state index contributed by atoms with van der Waals surface area (Å²) in [6, 6.07) is 0. The monoisotopic (exact) mass is 819 g/mol. The van der Waals surface area contributed by atoms with E-state index in [1.165, 1.54) is 24.2 Å². The van der Waals surface area contributed by atoms with Gasteiger partial charge >= 0.3 is 338 Å². The van der Waals surface area contributed by atoms with Gasteiger partial charge in [-0.3, -0.25) is 0 Å². The van der Waals surface area contributed by atoms with Crippen LogP contribution in [0.4, 0.5) is 0 Å². The fraction of sp³-hybridized carbons (Fsp3) is 1.00. The van der Waals surface area contributed by atoms with E-state index in [2.05, 4.69) is 13.8 Å². The summed E-state index contributed by atoms with van der Waals surface area (Å²) < 4.78 is 0. The first-order chi connectivity index (χ1) is 25.8. The van der Waals surface area contributed by atoms with Gasteiger partial charge in [-0.15, -0.1) is 0 Å². The van der Waals surface area contributed by atoms with Gasteiger partial charge in [0, 0.05) is 0 Å². The van der Waals surface area contributed by atoms with Crippen molar-refractivity contribution < 1.29 is 0 Å². The molecule has 3 heteroatoms. The van der Waals surface area contributed by atoms with Gasteiger partial charge in [0.15, 0.2) is 0 Å². The van der Waals surface area contributed by atoms with Crippen molar-refractivity contribution in [1.82, 2.24) is 0 Å². The molecule has 0 aromatic heterocycles. The Kier molecular flexibility index (Phi) is 9.21. The Bertz CT molecular complexity index is 1050.